The molecule has 0 saturated heterocycles. The Balaban J connectivity index is 1.89. The second-order valence-corrected chi connectivity index (χ2v) is 6.53. The van der Waals surface area contributed by atoms with Crippen LogP contribution in [0.15, 0.2) is 48.8 Å². The van der Waals surface area contributed by atoms with E-state index in [9.17, 15) is 8.42 Å². The molecule has 0 radical (unpaired) electrons. The summed E-state index contributed by atoms with van der Waals surface area (Å²) in [4.78, 5) is 3.95. The molecule has 2 rings (SSSR count). The second-order valence-electron chi connectivity index (χ2n) is 4.60. The molecule has 0 bridgehead atoms. The van der Waals surface area contributed by atoms with Gasteiger partial charge in [0.15, 0.2) is 0 Å². The highest BCUT2D eigenvalue weighted by Gasteiger charge is 2.10. The smallest absolute Gasteiger partial charge is 0.212 e. The van der Waals surface area contributed by atoms with Gasteiger partial charge in [0, 0.05) is 18.9 Å². The molecule has 1 aromatic carbocycles. The molecular weight excluding hydrogens is 288 g/mol. The summed E-state index contributed by atoms with van der Waals surface area (Å²) in [6.45, 7) is 0.258. The summed E-state index contributed by atoms with van der Waals surface area (Å²) < 4.78 is 31.6. The summed E-state index contributed by atoms with van der Waals surface area (Å²) in [6.07, 6.45) is 3.74. The van der Waals surface area contributed by atoms with E-state index in [1.807, 2.05) is 30.3 Å². The van der Waals surface area contributed by atoms with E-state index < -0.39 is 10.0 Å². The number of rotatable bonds is 7. The number of hydrogen-bond acceptors (Lipinski definition) is 4. The summed E-state index contributed by atoms with van der Waals surface area (Å²) >= 11 is 0. The average Bonchev–Trinajstić information content (AvgIpc) is 2.52. The van der Waals surface area contributed by atoms with Gasteiger partial charge in [0.05, 0.1) is 12.9 Å². The highest BCUT2D eigenvalue weighted by molar-refractivity contribution is 7.89. The Morgan fingerprint density at radius 2 is 2.00 bits per heavy atom. The SMILES string of the molecule is COc1cccc(CCS(=O)(=O)NCc2cccnc2)c1. The van der Waals surface area contributed by atoms with E-state index >= 15 is 0 Å². The number of aromatic nitrogens is 1. The van der Waals surface area contributed by atoms with E-state index in [2.05, 4.69) is 9.71 Å². The quantitative estimate of drug-likeness (QED) is 0.846. The minimum atomic E-state index is -3.32. The molecule has 1 N–H and O–H groups in total. The molecule has 1 aromatic heterocycles. The molecule has 0 saturated carbocycles. The summed E-state index contributed by atoms with van der Waals surface area (Å²) in [5, 5.41) is 0. The highest BCUT2D eigenvalue weighted by atomic mass is 32.2. The van der Waals surface area contributed by atoms with Crippen LogP contribution < -0.4 is 9.46 Å². The monoisotopic (exact) mass is 306 g/mol. The van der Waals surface area contributed by atoms with E-state index in [0.717, 1.165) is 16.9 Å². The number of aryl methyl sites for hydroxylation is 1. The van der Waals surface area contributed by atoms with Gasteiger partial charge >= 0.3 is 0 Å². The Kier molecular flexibility index (Phi) is 5.30. The molecule has 0 aliphatic rings. The number of nitrogens with one attached hydrogen (secondary N) is 1. The number of hydrogen-bond donors (Lipinski definition) is 1. The molecule has 112 valence electrons. The first-order chi connectivity index (χ1) is 10.1. The summed E-state index contributed by atoms with van der Waals surface area (Å²) in [6, 6.07) is 11.0. The van der Waals surface area contributed by atoms with E-state index in [1.54, 1.807) is 25.6 Å². The van der Waals surface area contributed by atoms with Crippen molar-refractivity contribution < 1.29 is 13.2 Å². The van der Waals surface area contributed by atoms with Crippen LogP contribution in [0.3, 0.4) is 0 Å². The maximum absolute atomic E-state index is 12.0. The fraction of sp³-hybridized carbons (Fsp3) is 0.267. The summed E-state index contributed by atoms with van der Waals surface area (Å²) in [5.41, 5.74) is 1.77. The van der Waals surface area contributed by atoms with Gasteiger partial charge in [-0.05, 0) is 35.7 Å². The minimum Gasteiger partial charge on any atom is -0.497 e. The Labute approximate surface area is 125 Å². The van der Waals surface area contributed by atoms with Gasteiger partial charge < -0.3 is 4.74 Å². The largest absolute Gasteiger partial charge is 0.497 e. The van der Waals surface area contributed by atoms with Crippen LogP contribution >= 0.6 is 0 Å². The van der Waals surface area contributed by atoms with E-state index in [0.29, 0.717) is 6.42 Å². The van der Waals surface area contributed by atoms with Gasteiger partial charge in [0.2, 0.25) is 10.0 Å². The first kappa shape index (κ1) is 15.5. The third-order valence-electron chi connectivity index (χ3n) is 3.01. The van der Waals surface area contributed by atoms with Crippen LogP contribution in [0.1, 0.15) is 11.1 Å². The zero-order valence-corrected chi connectivity index (χ0v) is 12.6. The normalized spacial score (nSPS) is 11.3. The predicted octanol–water partition coefficient (Wildman–Crippen LogP) is 1.75. The van der Waals surface area contributed by atoms with Crippen LogP contribution in [-0.4, -0.2) is 26.3 Å². The lowest BCUT2D eigenvalue weighted by Gasteiger charge is -2.07. The van der Waals surface area contributed by atoms with Gasteiger partial charge in [-0.2, -0.15) is 0 Å². The molecule has 0 aliphatic heterocycles. The standard InChI is InChI=1S/C15H18N2O3S/c1-20-15-6-2-4-13(10-15)7-9-21(18,19)17-12-14-5-3-8-16-11-14/h2-6,8,10-11,17H,7,9,12H2,1H3. The van der Waals surface area contributed by atoms with Gasteiger partial charge in [-0.15, -0.1) is 0 Å². The third kappa shape index (κ3) is 5.17. The van der Waals surface area contributed by atoms with E-state index in [4.69, 9.17) is 4.74 Å². The first-order valence-corrected chi connectivity index (χ1v) is 8.23. The van der Waals surface area contributed by atoms with Gasteiger partial charge in [0.25, 0.3) is 0 Å². The topological polar surface area (TPSA) is 68.3 Å². The van der Waals surface area contributed by atoms with Crippen molar-refractivity contribution in [2.24, 2.45) is 0 Å². The molecule has 5 nitrogen and oxygen atoms in total. The van der Waals surface area contributed by atoms with Crippen LogP contribution in [0.4, 0.5) is 0 Å². The highest BCUT2D eigenvalue weighted by Crippen LogP contribution is 2.13. The number of pyridine rings is 1. The van der Waals surface area contributed by atoms with Gasteiger partial charge in [0.1, 0.15) is 5.75 Å². The lowest BCUT2D eigenvalue weighted by Crippen LogP contribution is -2.26. The van der Waals surface area contributed by atoms with Gasteiger partial charge in [-0.1, -0.05) is 18.2 Å². The Morgan fingerprint density at radius 1 is 1.19 bits per heavy atom. The van der Waals surface area contributed by atoms with Crippen LogP contribution in [0, 0.1) is 0 Å². The van der Waals surface area contributed by atoms with Crippen molar-refractivity contribution in [2.45, 2.75) is 13.0 Å². The van der Waals surface area contributed by atoms with Crippen molar-refractivity contribution in [3.05, 3.63) is 59.9 Å². The number of sulfonamides is 1. The summed E-state index contributed by atoms with van der Waals surface area (Å²) in [5.74, 6) is 0.772. The van der Waals surface area contributed by atoms with Crippen molar-refractivity contribution >= 4 is 10.0 Å². The molecular formula is C15H18N2O3S. The number of benzene rings is 1. The number of ether oxygens (including phenoxy) is 1. The maximum atomic E-state index is 12.0. The number of nitrogens with zero attached hydrogens (tertiary/aromatic N) is 1. The predicted molar refractivity (Wildman–Crippen MR) is 81.6 cm³/mol. The second kappa shape index (κ2) is 7.19. The van der Waals surface area contributed by atoms with Crippen LogP contribution in [0.2, 0.25) is 0 Å². The summed E-state index contributed by atoms with van der Waals surface area (Å²) in [7, 11) is -1.73. The third-order valence-corrected chi connectivity index (χ3v) is 4.34. The van der Waals surface area contributed by atoms with Crippen molar-refractivity contribution in [3.8, 4) is 5.75 Å². The van der Waals surface area contributed by atoms with Crippen molar-refractivity contribution in [1.82, 2.24) is 9.71 Å². The van der Waals surface area contributed by atoms with E-state index in [-0.39, 0.29) is 12.3 Å². The maximum Gasteiger partial charge on any atom is 0.212 e. The molecule has 0 amide bonds. The van der Waals surface area contributed by atoms with Gasteiger partial charge in [-0.3, -0.25) is 4.98 Å². The lowest BCUT2D eigenvalue weighted by molar-refractivity contribution is 0.414. The molecule has 0 atom stereocenters. The first-order valence-electron chi connectivity index (χ1n) is 6.58. The Hall–Kier alpha value is -1.92. The Morgan fingerprint density at radius 3 is 2.71 bits per heavy atom. The molecule has 0 fully saturated rings. The van der Waals surface area contributed by atoms with Crippen molar-refractivity contribution in [1.29, 1.82) is 0 Å². The average molecular weight is 306 g/mol. The fourth-order valence-corrected chi connectivity index (χ4v) is 2.88. The molecule has 6 heteroatoms. The minimum absolute atomic E-state index is 0.0421. The molecule has 0 spiro atoms. The van der Waals surface area contributed by atoms with E-state index in [1.165, 1.54) is 0 Å². The van der Waals surface area contributed by atoms with Crippen LogP contribution in [-0.2, 0) is 23.0 Å². The molecule has 0 aliphatic carbocycles. The molecule has 21 heavy (non-hydrogen) atoms. The molecule has 1 heterocycles. The van der Waals surface area contributed by atoms with Crippen LogP contribution in [0.25, 0.3) is 0 Å². The Bertz CT molecular complexity index is 672. The lowest BCUT2D eigenvalue weighted by atomic mass is 10.2. The fourth-order valence-electron chi connectivity index (χ4n) is 1.85. The molecule has 2 aromatic rings. The zero-order valence-electron chi connectivity index (χ0n) is 11.8. The van der Waals surface area contributed by atoms with Gasteiger partial charge in [-0.25, -0.2) is 13.1 Å². The van der Waals surface area contributed by atoms with Crippen molar-refractivity contribution in [3.63, 3.8) is 0 Å². The van der Waals surface area contributed by atoms with Crippen LogP contribution in [0.5, 0.6) is 5.75 Å². The number of methoxy groups -OCH3 is 1. The molecule has 0 unspecified atom stereocenters. The zero-order chi connectivity index (χ0) is 15.1. The van der Waals surface area contributed by atoms with Crippen molar-refractivity contribution in [2.75, 3.05) is 12.9 Å².